The maximum absolute atomic E-state index is 12.4. The second-order valence-corrected chi connectivity index (χ2v) is 6.94. The van der Waals surface area contributed by atoms with Crippen LogP contribution in [0, 0.1) is 5.92 Å². The number of carbonyl (C=O) groups excluding carboxylic acids is 1. The van der Waals surface area contributed by atoms with Gasteiger partial charge in [0.2, 0.25) is 5.91 Å². The monoisotopic (exact) mass is 367 g/mol. The van der Waals surface area contributed by atoms with Crippen LogP contribution in [0.1, 0.15) is 26.3 Å². The van der Waals surface area contributed by atoms with Crippen molar-refractivity contribution in [2.24, 2.45) is 5.92 Å². The number of nitrogens with one attached hydrogen (secondary N) is 1. The maximum atomic E-state index is 12.4. The summed E-state index contributed by atoms with van der Waals surface area (Å²) in [4.78, 5) is 12.4. The minimum atomic E-state index is -1.17. The van der Waals surface area contributed by atoms with Gasteiger partial charge < -0.3 is 30.1 Å². The van der Waals surface area contributed by atoms with Crippen LogP contribution in [0.15, 0.2) is 30.3 Å². The fourth-order valence-corrected chi connectivity index (χ4v) is 3.10. The van der Waals surface area contributed by atoms with E-state index in [4.69, 9.17) is 9.47 Å². The highest BCUT2D eigenvalue weighted by molar-refractivity contribution is 5.80. The molecule has 2 unspecified atom stereocenters. The van der Waals surface area contributed by atoms with Gasteiger partial charge in [-0.25, -0.2) is 0 Å². The highest BCUT2D eigenvalue weighted by Crippen LogP contribution is 2.27. The lowest BCUT2D eigenvalue weighted by Crippen LogP contribution is -2.57. The molecule has 1 aliphatic rings. The van der Waals surface area contributed by atoms with Gasteiger partial charge in [-0.1, -0.05) is 37.3 Å². The van der Waals surface area contributed by atoms with Crippen molar-refractivity contribution in [2.45, 2.75) is 63.9 Å². The predicted octanol–water partition coefficient (Wildman–Crippen LogP) is 0.214. The Morgan fingerprint density at radius 3 is 2.54 bits per heavy atom. The van der Waals surface area contributed by atoms with Crippen LogP contribution in [0.5, 0.6) is 0 Å². The molecule has 1 fully saturated rings. The summed E-state index contributed by atoms with van der Waals surface area (Å²) in [6.45, 7) is 4.73. The van der Waals surface area contributed by atoms with Crippen LogP contribution < -0.4 is 5.32 Å². The van der Waals surface area contributed by atoms with Crippen LogP contribution >= 0.6 is 0 Å². The van der Waals surface area contributed by atoms with Crippen LogP contribution in [0.2, 0.25) is 0 Å². The molecule has 1 aliphatic heterocycles. The molecule has 1 heterocycles. The Morgan fingerprint density at radius 1 is 1.27 bits per heavy atom. The number of hydrogen-bond donors (Lipinski definition) is 4. The molecule has 0 saturated carbocycles. The van der Waals surface area contributed by atoms with E-state index in [-0.39, 0.29) is 11.9 Å². The zero-order chi connectivity index (χ0) is 19.3. The average molecular weight is 367 g/mol. The molecule has 0 bridgehead atoms. The van der Waals surface area contributed by atoms with Gasteiger partial charge in [-0.15, -0.1) is 0 Å². The first-order valence-electron chi connectivity index (χ1n) is 8.95. The molecule has 146 valence electrons. The third-order valence-electron chi connectivity index (χ3n) is 4.68. The summed E-state index contributed by atoms with van der Waals surface area (Å²) in [5.74, 6) is -0.834. The Balaban J connectivity index is 1.90. The van der Waals surface area contributed by atoms with Crippen molar-refractivity contribution in [2.75, 3.05) is 6.61 Å². The fraction of sp³-hybridized carbons (Fsp3) is 0.632. The number of hydrogen-bond acceptors (Lipinski definition) is 6. The molecule has 26 heavy (non-hydrogen) atoms. The second kappa shape index (κ2) is 9.43. The summed E-state index contributed by atoms with van der Waals surface area (Å²) in [6.07, 6.45) is -4.19. The van der Waals surface area contributed by atoms with Crippen molar-refractivity contribution < 1.29 is 29.6 Å². The fourth-order valence-electron chi connectivity index (χ4n) is 3.10. The number of benzene rings is 1. The van der Waals surface area contributed by atoms with E-state index in [0.717, 1.165) is 5.56 Å². The molecule has 0 aromatic heterocycles. The van der Waals surface area contributed by atoms with E-state index in [1.165, 1.54) is 0 Å². The minimum Gasteiger partial charge on any atom is -0.394 e. The standard InChI is InChI=1S/C19H29NO6/c1-11(9-14-7-5-4-6-8-14)20-18(23)13(3)25-17-12(2)19(24)26-15(10-21)16(17)22/h4-8,11-13,15-17,19,21-22,24H,9-10H2,1-3H3,(H,20,23)/t11-,12-,13-,15?,16+,17?,19-/m0/s1. The van der Waals surface area contributed by atoms with Gasteiger partial charge in [0.15, 0.2) is 6.29 Å². The highest BCUT2D eigenvalue weighted by atomic mass is 16.6. The molecule has 0 radical (unpaired) electrons. The van der Waals surface area contributed by atoms with Crippen LogP contribution in [0.3, 0.4) is 0 Å². The van der Waals surface area contributed by atoms with Crippen molar-refractivity contribution in [3.8, 4) is 0 Å². The van der Waals surface area contributed by atoms with Gasteiger partial charge in [-0.2, -0.15) is 0 Å². The van der Waals surface area contributed by atoms with E-state index in [9.17, 15) is 20.1 Å². The van der Waals surface area contributed by atoms with Crippen LogP contribution in [-0.4, -0.2) is 64.6 Å². The van der Waals surface area contributed by atoms with E-state index in [0.29, 0.717) is 6.42 Å². The second-order valence-electron chi connectivity index (χ2n) is 6.94. The molecule has 0 aliphatic carbocycles. The van der Waals surface area contributed by atoms with Gasteiger partial charge in [0.1, 0.15) is 18.3 Å². The zero-order valence-corrected chi connectivity index (χ0v) is 15.4. The molecular formula is C19H29NO6. The number of rotatable bonds is 7. The van der Waals surface area contributed by atoms with Crippen LogP contribution in [0.4, 0.5) is 0 Å². The van der Waals surface area contributed by atoms with Crippen molar-refractivity contribution >= 4 is 5.91 Å². The van der Waals surface area contributed by atoms with Gasteiger partial charge in [-0.3, -0.25) is 4.79 Å². The summed E-state index contributed by atoms with van der Waals surface area (Å²) in [6, 6.07) is 9.76. The maximum Gasteiger partial charge on any atom is 0.249 e. The number of carbonyl (C=O) groups is 1. The lowest BCUT2D eigenvalue weighted by atomic mass is 9.92. The number of aliphatic hydroxyl groups is 3. The summed E-state index contributed by atoms with van der Waals surface area (Å²) in [7, 11) is 0. The molecule has 7 atom stereocenters. The minimum absolute atomic E-state index is 0.0798. The lowest BCUT2D eigenvalue weighted by Gasteiger charge is -2.41. The summed E-state index contributed by atoms with van der Waals surface area (Å²) >= 11 is 0. The number of ether oxygens (including phenoxy) is 2. The SMILES string of the molecule is C[C@H](OC1[C@H](O)C(CO)O[C@H](O)[C@H]1C)C(=O)N[C@@H](C)Cc1ccccc1. The molecule has 1 amide bonds. The third-order valence-corrected chi connectivity index (χ3v) is 4.68. The van der Waals surface area contributed by atoms with Gasteiger partial charge in [0.05, 0.1) is 12.7 Å². The molecule has 1 aromatic rings. The Morgan fingerprint density at radius 2 is 1.92 bits per heavy atom. The largest absolute Gasteiger partial charge is 0.394 e. The topological polar surface area (TPSA) is 108 Å². The first-order valence-corrected chi connectivity index (χ1v) is 8.95. The third kappa shape index (κ3) is 5.25. The Labute approximate surface area is 153 Å². The quantitative estimate of drug-likeness (QED) is 0.549. The molecule has 1 saturated heterocycles. The van der Waals surface area contributed by atoms with Crippen molar-refractivity contribution in [3.63, 3.8) is 0 Å². The molecule has 7 nitrogen and oxygen atoms in total. The molecule has 0 spiro atoms. The molecule has 7 heteroatoms. The molecule has 4 N–H and O–H groups in total. The van der Waals surface area contributed by atoms with E-state index in [1.54, 1.807) is 13.8 Å². The Bertz CT molecular complexity index is 568. The van der Waals surface area contributed by atoms with Crippen LogP contribution in [-0.2, 0) is 20.7 Å². The summed E-state index contributed by atoms with van der Waals surface area (Å²) in [5.41, 5.74) is 1.12. The van der Waals surface area contributed by atoms with Gasteiger partial charge in [0, 0.05) is 12.0 Å². The smallest absolute Gasteiger partial charge is 0.249 e. The normalized spacial score (nSPS) is 31.2. The molecule has 1 aromatic carbocycles. The van der Waals surface area contributed by atoms with Crippen LogP contribution in [0.25, 0.3) is 0 Å². The van der Waals surface area contributed by atoms with Crippen molar-refractivity contribution in [1.29, 1.82) is 0 Å². The highest BCUT2D eigenvalue weighted by Gasteiger charge is 2.44. The number of aliphatic hydroxyl groups excluding tert-OH is 3. The summed E-state index contributed by atoms with van der Waals surface area (Å²) in [5, 5.41) is 32.3. The Hall–Kier alpha value is -1.51. The average Bonchev–Trinajstić information content (AvgIpc) is 2.62. The van der Waals surface area contributed by atoms with Crippen molar-refractivity contribution in [1.82, 2.24) is 5.32 Å². The zero-order valence-electron chi connectivity index (χ0n) is 15.4. The summed E-state index contributed by atoms with van der Waals surface area (Å²) < 4.78 is 10.9. The molecular weight excluding hydrogens is 338 g/mol. The first-order chi connectivity index (χ1) is 12.3. The van der Waals surface area contributed by atoms with Gasteiger partial charge in [-0.05, 0) is 25.8 Å². The van der Waals surface area contributed by atoms with Gasteiger partial charge >= 0.3 is 0 Å². The Kier molecular flexibility index (Phi) is 7.55. The van der Waals surface area contributed by atoms with Crippen molar-refractivity contribution in [3.05, 3.63) is 35.9 Å². The van der Waals surface area contributed by atoms with Gasteiger partial charge in [0.25, 0.3) is 0 Å². The van der Waals surface area contributed by atoms with E-state index < -0.39 is 43.2 Å². The van der Waals surface area contributed by atoms with E-state index >= 15 is 0 Å². The van der Waals surface area contributed by atoms with E-state index in [2.05, 4.69) is 5.32 Å². The lowest BCUT2D eigenvalue weighted by molar-refractivity contribution is -0.278. The first kappa shape index (κ1) is 20.8. The number of amides is 1. The molecule has 2 rings (SSSR count). The van der Waals surface area contributed by atoms with E-state index in [1.807, 2.05) is 37.3 Å². The predicted molar refractivity (Wildman–Crippen MR) is 95.2 cm³/mol.